The molecule has 0 aliphatic heterocycles. The number of amides is 1. The number of rotatable bonds is 10. The van der Waals surface area contributed by atoms with Gasteiger partial charge in [-0.1, -0.05) is 41.4 Å². The topological polar surface area (TPSA) is 66.5 Å². The highest BCUT2D eigenvalue weighted by Crippen LogP contribution is 2.28. The Morgan fingerprint density at radius 1 is 1.13 bits per heavy atom. The van der Waals surface area contributed by atoms with E-state index in [-0.39, 0.29) is 12.5 Å². The van der Waals surface area contributed by atoms with Crippen molar-refractivity contribution in [2.45, 2.75) is 32.9 Å². The lowest BCUT2D eigenvalue weighted by molar-refractivity contribution is -0.119. The number of carbonyl (C=O) groups is 1. The molecule has 0 atom stereocenters. The summed E-state index contributed by atoms with van der Waals surface area (Å²) in [6.45, 7) is 5.97. The molecule has 164 valence electrons. The maximum Gasteiger partial charge on any atom is 0.240 e. The zero-order valence-corrected chi connectivity index (χ0v) is 20.3. The number of sulfonamides is 1. The lowest BCUT2D eigenvalue weighted by Gasteiger charge is -2.26. The Morgan fingerprint density at radius 3 is 2.40 bits per heavy atom. The molecule has 0 saturated carbocycles. The van der Waals surface area contributed by atoms with E-state index >= 15 is 0 Å². The highest BCUT2D eigenvalue weighted by molar-refractivity contribution is 7.98. The molecule has 0 aliphatic rings. The number of nitrogens with one attached hydrogen (secondary N) is 1. The summed E-state index contributed by atoms with van der Waals surface area (Å²) in [5, 5.41) is 3.56. The van der Waals surface area contributed by atoms with Crippen molar-refractivity contribution in [1.29, 1.82) is 0 Å². The first kappa shape index (κ1) is 24.6. The van der Waals surface area contributed by atoms with Crippen LogP contribution in [-0.4, -0.2) is 39.4 Å². The van der Waals surface area contributed by atoms with Gasteiger partial charge in [-0.05, 0) is 61.8 Å². The Balaban J connectivity index is 1.85. The van der Waals surface area contributed by atoms with Crippen molar-refractivity contribution in [2.24, 2.45) is 0 Å². The summed E-state index contributed by atoms with van der Waals surface area (Å²) in [6, 6.07) is 11.6. The number of carbonyl (C=O) groups excluding carboxylic acids is 1. The van der Waals surface area contributed by atoms with E-state index in [4.69, 9.17) is 11.6 Å². The molecule has 30 heavy (non-hydrogen) atoms. The molecule has 0 aromatic heterocycles. The SMILES string of the molecule is Cc1cc(C)c(N(CC(=O)NCCCSCc2cccc(Cl)c2)S(C)(=O)=O)c(C)c1. The molecule has 2 aromatic carbocycles. The lowest BCUT2D eigenvalue weighted by Crippen LogP contribution is -2.41. The largest absolute Gasteiger partial charge is 0.354 e. The molecule has 1 N–H and O–H groups in total. The van der Waals surface area contributed by atoms with Crippen LogP contribution in [0.1, 0.15) is 28.7 Å². The molecule has 2 rings (SSSR count). The third-order valence-corrected chi connectivity index (χ3v) is 6.98. The van der Waals surface area contributed by atoms with Gasteiger partial charge in [0.1, 0.15) is 6.54 Å². The van der Waals surface area contributed by atoms with Crippen molar-refractivity contribution in [3.8, 4) is 0 Å². The summed E-state index contributed by atoms with van der Waals surface area (Å²) in [4.78, 5) is 12.4. The summed E-state index contributed by atoms with van der Waals surface area (Å²) < 4.78 is 25.9. The van der Waals surface area contributed by atoms with Crippen LogP contribution in [0.25, 0.3) is 0 Å². The predicted molar refractivity (Wildman–Crippen MR) is 128 cm³/mol. The molecule has 0 saturated heterocycles. The van der Waals surface area contributed by atoms with Crippen molar-refractivity contribution in [3.63, 3.8) is 0 Å². The van der Waals surface area contributed by atoms with E-state index in [0.29, 0.717) is 12.2 Å². The Labute approximate surface area is 189 Å². The molecular weight excluding hydrogens is 440 g/mol. The Hall–Kier alpha value is -1.70. The molecule has 0 radical (unpaired) electrons. The van der Waals surface area contributed by atoms with E-state index in [0.717, 1.165) is 45.9 Å². The number of halogens is 1. The van der Waals surface area contributed by atoms with Gasteiger partial charge >= 0.3 is 0 Å². The van der Waals surface area contributed by atoms with Crippen molar-refractivity contribution in [3.05, 3.63) is 63.7 Å². The van der Waals surface area contributed by atoms with Gasteiger partial charge in [0.15, 0.2) is 0 Å². The Kier molecular flexibility index (Phi) is 9.07. The highest BCUT2D eigenvalue weighted by atomic mass is 35.5. The minimum Gasteiger partial charge on any atom is -0.354 e. The van der Waals surface area contributed by atoms with Crippen LogP contribution in [0.4, 0.5) is 5.69 Å². The summed E-state index contributed by atoms with van der Waals surface area (Å²) in [5.74, 6) is 1.45. The van der Waals surface area contributed by atoms with Crippen LogP contribution in [0.5, 0.6) is 0 Å². The Bertz CT molecular complexity index is 971. The second-order valence-corrected chi connectivity index (χ2v) is 10.9. The van der Waals surface area contributed by atoms with Gasteiger partial charge in [0, 0.05) is 17.3 Å². The zero-order chi connectivity index (χ0) is 22.3. The highest BCUT2D eigenvalue weighted by Gasteiger charge is 2.24. The van der Waals surface area contributed by atoms with Crippen LogP contribution in [0, 0.1) is 20.8 Å². The second kappa shape index (κ2) is 11.1. The molecule has 2 aromatic rings. The van der Waals surface area contributed by atoms with Crippen LogP contribution in [-0.2, 0) is 20.6 Å². The van der Waals surface area contributed by atoms with E-state index in [1.165, 1.54) is 9.87 Å². The van der Waals surface area contributed by atoms with E-state index in [1.807, 2.05) is 57.2 Å². The van der Waals surface area contributed by atoms with Crippen molar-refractivity contribution < 1.29 is 13.2 Å². The number of thioether (sulfide) groups is 1. The second-order valence-electron chi connectivity index (χ2n) is 7.40. The predicted octanol–water partition coefficient (Wildman–Crippen LogP) is 4.47. The molecule has 0 spiro atoms. The fourth-order valence-electron chi connectivity index (χ4n) is 3.33. The number of nitrogens with zero attached hydrogens (tertiary/aromatic N) is 1. The summed E-state index contributed by atoms with van der Waals surface area (Å²) in [6.07, 6.45) is 1.93. The molecular formula is C22H29ClN2O3S2. The molecule has 1 amide bonds. The zero-order valence-electron chi connectivity index (χ0n) is 17.9. The van der Waals surface area contributed by atoms with Crippen LogP contribution in [0.15, 0.2) is 36.4 Å². The number of anilines is 1. The fraction of sp³-hybridized carbons (Fsp3) is 0.409. The van der Waals surface area contributed by atoms with Crippen LogP contribution in [0.2, 0.25) is 5.02 Å². The van der Waals surface area contributed by atoms with Gasteiger partial charge in [0.2, 0.25) is 15.9 Å². The van der Waals surface area contributed by atoms with Crippen LogP contribution in [0.3, 0.4) is 0 Å². The van der Waals surface area contributed by atoms with Gasteiger partial charge < -0.3 is 5.32 Å². The van der Waals surface area contributed by atoms with Crippen molar-refractivity contribution in [2.75, 3.05) is 29.4 Å². The van der Waals surface area contributed by atoms with E-state index in [2.05, 4.69) is 5.32 Å². The van der Waals surface area contributed by atoms with Gasteiger partial charge in [-0.3, -0.25) is 9.10 Å². The maximum absolute atomic E-state index is 12.4. The third-order valence-electron chi connectivity index (χ3n) is 4.52. The lowest BCUT2D eigenvalue weighted by atomic mass is 10.1. The molecule has 8 heteroatoms. The standard InChI is InChI=1S/C22H29ClN2O3S2/c1-16-11-17(2)22(18(3)12-16)25(30(4,27)28)14-21(26)24-9-6-10-29-15-19-7-5-8-20(23)13-19/h5,7-8,11-13H,6,9-10,14-15H2,1-4H3,(H,24,26). The molecule has 0 heterocycles. The third kappa shape index (κ3) is 7.52. The molecule has 0 bridgehead atoms. The van der Waals surface area contributed by atoms with Gasteiger partial charge in [-0.25, -0.2) is 8.42 Å². The quantitative estimate of drug-likeness (QED) is 0.522. The van der Waals surface area contributed by atoms with E-state index in [9.17, 15) is 13.2 Å². The average molecular weight is 469 g/mol. The minimum absolute atomic E-state index is 0.223. The van der Waals surface area contributed by atoms with Gasteiger partial charge in [-0.2, -0.15) is 11.8 Å². The van der Waals surface area contributed by atoms with Gasteiger partial charge in [0.25, 0.3) is 0 Å². The monoisotopic (exact) mass is 468 g/mol. The molecule has 0 unspecified atom stereocenters. The number of hydrogen-bond donors (Lipinski definition) is 1. The summed E-state index contributed by atoms with van der Waals surface area (Å²) in [5.41, 5.74) is 4.48. The van der Waals surface area contributed by atoms with E-state index in [1.54, 1.807) is 11.8 Å². The molecule has 0 fully saturated rings. The molecule has 0 aliphatic carbocycles. The summed E-state index contributed by atoms with van der Waals surface area (Å²) in [7, 11) is -3.59. The normalized spacial score (nSPS) is 11.4. The smallest absolute Gasteiger partial charge is 0.240 e. The van der Waals surface area contributed by atoms with E-state index < -0.39 is 10.0 Å². The average Bonchev–Trinajstić information content (AvgIpc) is 2.62. The van der Waals surface area contributed by atoms with Crippen LogP contribution < -0.4 is 9.62 Å². The van der Waals surface area contributed by atoms with Crippen molar-refractivity contribution in [1.82, 2.24) is 5.32 Å². The number of benzene rings is 2. The van der Waals surface area contributed by atoms with Crippen molar-refractivity contribution >= 4 is 45.0 Å². The summed E-state index contributed by atoms with van der Waals surface area (Å²) >= 11 is 7.75. The number of hydrogen-bond acceptors (Lipinski definition) is 4. The first-order chi connectivity index (χ1) is 14.1. The van der Waals surface area contributed by atoms with Gasteiger partial charge in [0.05, 0.1) is 11.9 Å². The maximum atomic E-state index is 12.4. The Morgan fingerprint density at radius 2 is 1.80 bits per heavy atom. The molecule has 5 nitrogen and oxygen atoms in total. The minimum atomic E-state index is -3.59. The van der Waals surface area contributed by atoms with Crippen LogP contribution >= 0.6 is 23.4 Å². The first-order valence-electron chi connectivity index (χ1n) is 9.72. The fourth-order valence-corrected chi connectivity index (χ4v) is 5.43. The first-order valence-corrected chi connectivity index (χ1v) is 13.1. The number of aryl methyl sites for hydroxylation is 3. The van der Waals surface area contributed by atoms with Gasteiger partial charge in [-0.15, -0.1) is 0 Å².